The van der Waals surface area contributed by atoms with Crippen molar-refractivity contribution in [3.63, 3.8) is 0 Å². The fourth-order valence-corrected chi connectivity index (χ4v) is 4.75. The fraction of sp³-hybridized carbons (Fsp3) is 0.333. The number of fused-ring (bicyclic) bond motifs is 1. The van der Waals surface area contributed by atoms with Gasteiger partial charge >= 0.3 is 0 Å². The minimum atomic E-state index is -0.100. The first-order valence-electron chi connectivity index (χ1n) is 7.19. The number of benzene rings is 1. The zero-order chi connectivity index (χ0) is 16.2. The van der Waals surface area contributed by atoms with E-state index in [1.54, 1.807) is 40.9 Å². The van der Waals surface area contributed by atoms with Crippen LogP contribution in [0.1, 0.15) is 19.7 Å². The Morgan fingerprint density at radius 3 is 2.70 bits per heavy atom. The molecular formula is C15H16N4OS3. The van der Waals surface area contributed by atoms with Gasteiger partial charge in [-0.3, -0.25) is 4.79 Å². The predicted molar refractivity (Wildman–Crippen MR) is 97.4 cm³/mol. The lowest BCUT2D eigenvalue weighted by molar-refractivity contribution is 0.749. The van der Waals surface area contributed by atoms with Crippen LogP contribution in [0.2, 0.25) is 0 Å². The van der Waals surface area contributed by atoms with Crippen LogP contribution in [-0.4, -0.2) is 25.9 Å². The molecule has 120 valence electrons. The quantitative estimate of drug-likeness (QED) is 0.671. The van der Waals surface area contributed by atoms with Gasteiger partial charge in [-0.1, -0.05) is 60.8 Å². The molecule has 23 heavy (non-hydrogen) atoms. The van der Waals surface area contributed by atoms with Crippen LogP contribution in [0, 0.1) is 5.92 Å². The van der Waals surface area contributed by atoms with E-state index in [-0.39, 0.29) is 5.56 Å². The molecule has 0 unspecified atom stereocenters. The van der Waals surface area contributed by atoms with Crippen molar-refractivity contribution in [3.05, 3.63) is 40.4 Å². The van der Waals surface area contributed by atoms with E-state index in [4.69, 9.17) is 0 Å². The molecule has 2 heterocycles. The zero-order valence-corrected chi connectivity index (χ0v) is 15.2. The van der Waals surface area contributed by atoms with E-state index >= 15 is 0 Å². The summed E-state index contributed by atoms with van der Waals surface area (Å²) in [4.78, 5) is 19.4. The van der Waals surface area contributed by atoms with Crippen LogP contribution in [0.3, 0.4) is 0 Å². The molecule has 1 N–H and O–H groups in total. The molecular weight excluding hydrogens is 348 g/mol. The molecule has 0 spiro atoms. The molecule has 0 fully saturated rings. The van der Waals surface area contributed by atoms with Crippen molar-refractivity contribution >= 4 is 45.8 Å². The average Bonchev–Trinajstić information content (AvgIpc) is 2.99. The van der Waals surface area contributed by atoms with E-state index in [0.29, 0.717) is 22.9 Å². The molecule has 0 amide bonds. The van der Waals surface area contributed by atoms with Gasteiger partial charge in [0.05, 0.1) is 16.7 Å². The Bertz CT molecular complexity index is 859. The Balaban J connectivity index is 1.67. The third-order valence-electron chi connectivity index (χ3n) is 2.92. The van der Waals surface area contributed by atoms with Crippen LogP contribution in [0.4, 0.5) is 0 Å². The largest absolute Gasteiger partial charge is 0.309 e. The Morgan fingerprint density at radius 2 is 1.91 bits per heavy atom. The number of rotatable bonds is 6. The highest BCUT2D eigenvalue weighted by Gasteiger charge is 2.09. The summed E-state index contributed by atoms with van der Waals surface area (Å²) in [5.74, 6) is 2.90. The number of thioether (sulfide) groups is 2. The summed E-state index contributed by atoms with van der Waals surface area (Å²) in [6.45, 7) is 4.37. The molecule has 0 aliphatic heterocycles. The Labute approximate surface area is 146 Å². The Kier molecular flexibility index (Phi) is 5.34. The fourth-order valence-electron chi connectivity index (χ4n) is 1.89. The first kappa shape index (κ1) is 16.5. The van der Waals surface area contributed by atoms with Crippen LogP contribution in [-0.2, 0) is 5.75 Å². The highest BCUT2D eigenvalue weighted by atomic mass is 32.2. The summed E-state index contributed by atoms with van der Waals surface area (Å²) in [6.07, 6.45) is 0. The van der Waals surface area contributed by atoms with Crippen molar-refractivity contribution in [3.8, 4) is 0 Å². The first-order chi connectivity index (χ1) is 11.1. The second-order valence-electron chi connectivity index (χ2n) is 5.36. The Morgan fingerprint density at radius 1 is 1.17 bits per heavy atom. The number of hydrogen-bond donors (Lipinski definition) is 1. The topological polar surface area (TPSA) is 71.5 Å². The molecule has 3 aromatic rings. The number of para-hydroxylation sites is 1. The molecule has 0 atom stereocenters. The van der Waals surface area contributed by atoms with Crippen molar-refractivity contribution in [2.24, 2.45) is 5.92 Å². The van der Waals surface area contributed by atoms with Gasteiger partial charge in [0, 0.05) is 5.75 Å². The minimum Gasteiger partial charge on any atom is -0.309 e. The van der Waals surface area contributed by atoms with E-state index in [9.17, 15) is 4.79 Å². The summed E-state index contributed by atoms with van der Waals surface area (Å²) < 4.78 is 1.88. The van der Waals surface area contributed by atoms with E-state index in [1.165, 1.54) is 0 Å². The van der Waals surface area contributed by atoms with E-state index in [0.717, 1.165) is 19.9 Å². The van der Waals surface area contributed by atoms with Crippen LogP contribution < -0.4 is 5.56 Å². The lowest BCUT2D eigenvalue weighted by Gasteiger charge is -2.01. The maximum Gasteiger partial charge on any atom is 0.258 e. The van der Waals surface area contributed by atoms with E-state index in [2.05, 4.69) is 34.0 Å². The minimum absolute atomic E-state index is 0.100. The van der Waals surface area contributed by atoms with Crippen LogP contribution in [0.15, 0.2) is 37.7 Å². The molecule has 0 saturated carbocycles. The normalized spacial score (nSPS) is 11.4. The van der Waals surface area contributed by atoms with Gasteiger partial charge in [-0.15, -0.1) is 10.2 Å². The zero-order valence-electron chi connectivity index (χ0n) is 12.8. The van der Waals surface area contributed by atoms with Crippen molar-refractivity contribution in [1.29, 1.82) is 0 Å². The van der Waals surface area contributed by atoms with E-state index in [1.807, 2.05) is 18.2 Å². The molecule has 5 nitrogen and oxygen atoms in total. The molecule has 0 saturated heterocycles. The van der Waals surface area contributed by atoms with Crippen molar-refractivity contribution in [1.82, 2.24) is 20.2 Å². The summed E-state index contributed by atoms with van der Waals surface area (Å²) >= 11 is 4.86. The number of nitrogens with zero attached hydrogens (tertiary/aromatic N) is 3. The standard InChI is InChI=1S/C15H16N4OS3/c1-9(2)7-21-14-18-19-15(23-14)22-8-12-16-11-6-4-3-5-10(11)13(20)17-12/h3-6,9H,7-8H2,1-2H3,(H,16,17,20). The maximum atomic E-state index is 12.0. The number of aromatic amines is 1. The molecule has 1 aromatic carbocycles. The molecule has 2 aromatic heterocycles. The van der Waals surface area contributed by atoms with Gasteiger partial charge in [0.1, 0.15) is 5.82 Å². The number of aromatic nitrogens is 4. The molecule has 0 aliphatic carbocycles. The maximum absolute atomic E-state index is 12.0. The highest BCUT2D eigenvalue weighted by molar-refractivity contribution is 8.02. The summed E-state index contributed by atoms with van der Waals surface area (Å²) in [5, 5.41) is 8.99. The van der Waals surface area contributed by atoms with Crippen LogP contribution in [0.25, 0.3) is 10.9 Å². The van der Waals surface area contributed by atoms with E-state index < -0.39 is 0 Å². The second-order valence-corrected chi connectivity index (χ2v) is 8.82. The SMILES string of the molecule is CC(C)CSc1nnc(SCc2nc3ccccc3c(=O)[nH]2)s1. The first-order valence-corrected chi connectivity index (χ1v) is 9.97. The summed E-state index contributed by atoms with van der Waals surface area (Å²) in [7, 11) is 0. The van der Waals surface area contributed by atoms with Crippen molar-refractivity contribution in [2.45, 2.75) is 28.3 Å². The molecule has 0 radical (unpaired) electrons. The summed E-state index contributed by atoms with van der Waals surface area (Å²) in [5.41, 5.74) is 0.619. The second kappa shape index (κ2) is 7.46. The summed E-state index contributed by atoms with van der Waals surface area (Å²) in [6, 6.07) is 7.35. The van der Waals surface area contributed by atoms with Gasteiger partial charge in [-0.2, -0.15) is 0 Å². The monoisotopic (exact) mass is 364 g/mol. The lowest BCUT2D eigenvalue weighted by Crippen LogP contribution is -2.11. The van der Waals surface area contributed by atoms with Crippen LogP contribution in [0.5, 0.6) is 0 Å². The van der Waals surface area contributed by atoms with Crippen LogP contribution >= 0.6 is 34.9 Å². The third-order valence-corrected chi connectivity index (χ3v) is 6.55. The molecule has 3 rings (SSSR count). The lowest BCUT2D eigenvalue weighted by atomic mass is 10.2. The number of nitrogens with one attached hydrogen (secondary N) is 1. The Hall–Kier alpha value is -1.38. The average molecular weight is 365 g/mol. The highest BCUT2D eigenvalue weighted by Crippen LogP contribution is 2.30. The van der Waals surface area contributed by atoms with Gasteiger partial charge in [0.25, 0.3) is 5.56 Å². The van der Waals surface area contributed by atoms with Gasteiger partial charge in [-0.05, 0) is 18.1 Å². The molecule has 0 bridgehead atoms. The van der Waals surface area contributed by atoms with Gasteiger partial charge in [0.2, 0.25) is 0 Å². The van der Waals surface area contributed by atoms with Gasteiger partial charge in [0.15, 0.2) is 8.68 Å². The third kappa shape index (κ3) is 4.33. The number of H-pyrrole nitrogens is 1. The smallest absolute Gasteiger partial charge is 0.258 e. The molecule has 0 aliphatic rings. The van der Waals surface area contributed by atoms with Gasteiger partial charge in [-0.25, -0.2) is 4.98 Å². The number of hydrogen-bond acceptors (Lipinski definition) is 7. The van der Waals surface area contributed by atoms with Gasteiger partial charge < -0.3 is 4.98 Å². The van der Waals surface area contributed by atoms with Crippen molar-refractivity contribution in [2.75, 3.05) is 5.75 Å². The molecule has 8 heteroatoms. The van der Waals surface area contributed by atoms with Crippen molar-refractivity contribution < 1.29 is 0 Å². The predicted octanol–water partition coefficient (Wildman–Crippen LogP) is 3.82.